The average Bonchev–Trinajstić information content (AvgIpc) is 2.28. The average molecular weight is 216 g/mol. The van der Waals surface area contributed by atoms with E-state index in [0.717, 1.165) is 30.8 Å². The summed E-state index contributed by atoms with van der Waals surface area (Å²) < 4.78 is 5.64. The molecule has 0 spiro atoms. The molecule has 0 radical (unpaired) electrons. The molecule has 0 aliphatic rings. The Labute approximate surface area is 98.8 Å². The van der Waals surface area contributed by atoms with Gasteiger partial charge in [0.25, 0.3) is 0 Å². The highest BCUT2D eigenvalue weighted by molar-refractivity contribution is 5.44. The van der Waals surface area contributed by atoms with E-state index in [1.165, 1.54) is 12.0 Å². The van der Waals surface area contributed by atoms with Crippen LogP contribution in [0, 0.1) is 18.8 Å². The summed E-state index contributed by atoms with van der Waals surface area (Å²) in [4.78, 5) is 0. The first-order chi connectivity index (χ1) is 7.77. The Bertz CT molecular complexity index is 382. The van der Waals surface area contributed by atoms with Gasteiger partial charge in [-0.05, 0) is 37.1 Å². The lowest BCUT2D eigenvalue weighted by Gasteiger charge is -2.06. The zero-order valence-corrected chi connectivity index (χ0v) is 10.5. The minimum Gasteiger partial charge on any atom is -0.494 e. The van der Waals surface area contributed by atoms with E-state index < -0.39 is 0 Å². The van der Waals surface area contributed by atoms with Crippen LogP contribution in [0.5, 0.6) is 5.75 Å². The molecule has 0 saturated heterocycles. The third kappa shape index (κ3) is 3.98. The van der Waals surface area contributed by atoms with Crippen molar-refractivity contribution in [3.8, 4) is 17.6 Å². The highest BCUT2D eigenvalue weighted by Crippen LogP contribution is 2.16. The summed E-state index contributed by atoms with van der Waals surface area (Å²) in [7, 11) is 0. The van der Waals surface area contributed by atoms with E-state index in [1.54, 1.807) is 0 Å². The van der Waals surface area contributed by atoms with Crippen LogP contribution in [0.1, 0.15) is 44.2 Å². The fraction of sp³-hybridized carbons (Fsp3) is 0.467. The fourth-order valence-corrected chi connectivity index (χ4v) is 1.38. The molecule has 0 aliphatic carbocycles. The van der Waals surface area contributed by atoms with Crippen LogP contribution in [0.4, 0.5) is 0 Å². The van der Waals surface area contributed by atoms with Crippen LogP contribution in [0.25, 0.3) is 0 Å². The molecular formula is C15H20O. The highest BCUT2D eigenvalue weighted by Gasteiger charge is 1.98. The van der Waals surface area contributed by atoms with Crippen LogP contribution in [0.2, 0.25) is 0 Å². The summed E-state index contributed by atoms with van der Waals surface area (Å²) in [5.41, 5.74) is 2.29. The molecule has 0 N–H and O–H groups in total. The fourth-order valence-electron chi connectivity index (χ4n) is 1.38. The Morgan fingerprint density at radius 2 is 2.06 bits per heavy atom. The molecule has 1 nitrogen and oxygen atoms in total. The SMILES string of the molecule is CCC#Cc1ccc(OCCCC)cc1C. The summed E-state index contributed by atoms with van der Waals surface area (Å²) in [6, 6.07) is 6.11. The smallest absolute Gasteiger partial charge is 0.119 e. The molecule has 1 aromatic carbocycles. The van der Waals surface area contributed by atoms with Gasteiger partial charge < -0.3 is 4.74 Å². The molecule has 0 aromatic heterocycles. The monoisotopic (exact) mass is 216 g/mol. The Balaban J connectivity index is 2.67. The molecule has 16 heavy (non-hydrogen) atoms. The third-order valence-electron chi connectivity index (χ3n) is 2.36. The van der Waals surface area contributed by atoms with Gasteiger partial charge in [-0.15, -0.1) is 0 Å². The van der Waals surface area contributed by atoms with Gasteiger partial charge in [-0.25, -0.2) is 0 Å². The van der Waals surface area contributed by atoms with Crippen LogP contribution in [-0.4, -0.2) is 6.61 Å². The first kappa shape index (κ1) is 12.6. The molecule has 0 fully saturated rings. The first-order valence-corrected chi connectivity index (χ1v) is 6.00. The molecule has 86 valence electrons. The van der Waals surface area contributed by atoms with Crippen molar-refractivity contribution in [3.63, 3.8) is 0 Å². The van der Waals surface area contributed by atoms with Gasteiger partial charge in [0.1, 0.15) is 5.75 Å². The topological polar surface area (TPSA) is 9.23 Å². The molecule has 0 saturated carbocycles. The molecule has 0 heterocycles. The van der Waals surface area contributed by atoms with E-state index >= 15 is 0 Å². The van der Waals surface area contributed by atoms with Crippen molar-refractivity contribution in [1.82, 2.24) is 0 Å². The quantitative estimate of drug-likeness (QED) is 0.547. The van der Waals surface area contributed by atoms with Gasteiger partial charge in [-0.3, -0.25) is 0 Å². The second-order valence-corrected chi connectivity index (χ2v) is 3.83. The van der Waals surface area contributed by atoms with Gasteiger partial charge in [0, 0.05) is 12.0 Å². The van der Waals surface area contributed by atoms with Gasteiger partial charge in [0.15, 0.2) is 0 Å². The summed E-state index contributed by atoms with van der Waals surface area (Å²) >= 11 is 0. The molecule has 1 rings (SSSR count). The van der Waals surface area contributed by atoms with Crippen LogP contribution in [-0.2, 0) is 0 Å². The zero-order valence-electron chi connectivity index (χ0n) is 10.5. The van der Waals surface area contributed by atoms with Gasteiger partial charge in [-0.2, -0.15) is 0 Å². The second kappa shape index (κ2) is 6.95. The Morgan fingerprint density at radius 1 is 1.25 bits per heavy atom. The molecule has 1 heteroatoms. The van der Waals surface area contributed by atoms with Crippen molar-refractivity contribution in [2.45, 2.75) is 40.0 Å². The lowest BCUT2D eigenvalue weighted by molar-refractivity contribution is 0.309. The van der Waals surface area contributed by atoms with E-state index in [0.29, 0.717) is 0 Å². The minimum absolute atomic E-state index is 0.802. The molecule has 0 unspecified atom stereocenters. The lowest BCUT2D eigenvalue weighted by atomic mass is 10.1. The number of aryl methyl sites for hydroxylation is 1. The number of ether oxygens (including phenoxy) is 1. The number of benzene rings is 1. The lowest BCUT2D eigenvalue weighted by Crippen LogP contribution is -1.97. The summed E-state index contributed by atoms with van der Waals surface area (Å²) in [5.74, 6) is 7.19. The van der Waals surface area contributed by atoms with Crippen molar-refractivity contribution in [2.75, 3.05) is 6.61 Å². The molecule has 0 amide bonds. The summed E-state index contributed by atoms with van der Waals surface area (Å²) in [6.45, 7) is 7.10. The van der Waals surface area contributed by atoms with Crippen molar-refractivity contribution in [1.29, 1.82) is 0 Å². The maximum atomic E-state index is 5.64. The largest absolute Gasteiger partial charge is 0.494 e. The molecular weight excluding hydrogens is 196 g/mol. The number of hydrogen-bond acceptors (Lipinski definition) is 1. The van der Waals surface area contributed by atoms with Crippen molar-refractivity contribution < 1.29 is 4.74 Å². The molecule has 0 atom stereocenters. The van der Waals surface area contributed by atoms with E-state index in [-0.39, 0.29) is 0 Å². The molecule has 0 aliphatic heterocycles. The van der Waals surface area contributed by atoms with Crippen molar-refractivity contribution in [2.24, 2.45) is 0 Å². The third-order valence-corrected chi connectivity index (χ3v) is 2.36. The predicted molar refractivity (Wildman–Crippen MR) is 68.8 cm³/mol. The maximum Gasteiger partial charge on any atom is 0.119 e. The van der Waals surface area contributed by atoms with Crippen LogP contribution < -0.4 is 4.74 Å². The standard InChI is InChI=1S/C15H20O/c1-4-6-8-14-9-10-15(12-13(14)3)16-11-7-5-2/h9-10,12H,4-5,7,11H2,1-3H3. The van der Waals surface area contributed by atoms with Crippen LogP contribution >= 0.6 is 0 Å². The van der Waals surface area contributed by atoms with Gasteiger partial charge in [0.2, 0.25) is 0 Å². The Hall–Kier alpha value is -1.42. The van der Waals surface area contributed by atoms with E-state index in [9.17, 15) is 0 Å². The maximum absolute atomic E-state index is 5.64. The van der Waals surface area contributed by atoms with Gasteiger partial charge in [-0.1, -0.05) is 32.1 Å². The van der Waals surface area contributed by atoms with Crippen LogP contribution in [0.15, 0.2) is 18.2 Å². The van der Waals surface area contributed by atoms with Gasteiger partial charge >= 0.3 is 0 Å². The van der Waals surface area contributed by atoms with Gasteiger partial charge in [0.05, 0.1) is 6.61 Å². The van der Waals surface area contributed by atoms with Crippen molar-refractivity contribution >= 4 is 0 Å². The normalized spacial score (nSPS) is 9.44. The second-order valence-electron chi connectivity index (χ2n) is 3.83. The van der Waals surface area contributed by atoms with Crippen LogP contribution in [0.3, 0.4) is 0 Å². The first-order valence-electron chi connectivity index (χ1n) is 6.00. The number of rotatable bonds is 4. The Morgan fingerprint density at radius 3 is 2.69 bits per heavy atom. The number of unbranched alkanes of at least 4 members (excludes halogenated alkanes) is 1. The molecule has 0 bridgehead atoms. The minimum atomic E-state index is 0.802. The van der Waals surface area contributed by atoms with E-state index in [4.69, 9.17) is 4.74 Å². The zero-order chi connectivity index (χ0) is 11.8. The highest BCUT2D eigenvalue weighted by atomic mass is 16.5. The molecule has 1 aromatic rings. The van der Waals surface area contributed by atoms with E-state index in [2.05, 4.69) is 38.7 Å². The Kier molecular flexibility index (Phi) is 5.50. The summed E-state index contributed by atoms with van der Waals surface area (Å²) in [6.07, 6.45) is 3.17. The van der Waals surface area contributed by atoms with E-state index in [1.807, 2.05) is 12.1 Å². The summed E-state index contributed by atoms with van der Waals surface area (Å²) in [5, 5.41) is 0. The van der Waals surface area contributed by atoms with Crippen molar-refractivity contribution in [3.05, 3.63) is 29.3 Å². The predicted octanol–water partition coefficient (Wildman–Crippen LogP) is 3.94. The number of hydrogen-bond donors (Lipinski definition) is 0.